The normalized spacial score (nSPS) is 13.0. The molecule has 0 saturated carbocycles. The van der Waals surface area contributed by atoms with E-state index in [1.54, 1.807) is 0 Å². The van der Waals surface area contributed by atoms with Crippen LogP contribution in [0.25, 0.3) is 0 Å². The zero-order chi connectivity index (χ0) is 47.2. The van der Waals surface area contributed by atoms with Gasteiger partial charge >= 0.3 is 17.9 Å². The molecular weight excluding hydrogens is 805 g/mol. The molecule has 0 heterocycles. The Balaban J connectivity index is 4.57. The summed E-state index contributed by atoms with van der Waals surface area (Å²) in [5, 5.41) is 0. The molecule has 6 nitrogen and oxygen atoms in total. The minimum Gasteiger partial charge on any atom is -0.462 e. The van der Waals surface area contributed by atoms with Crippen molar-refractivity contribution in [1.29, 1.82) is 0 Å². The van der Waals surface area contributed by atoms with E-state index in [9.17, 15) is 14.4 Å². The molecule has 1 atom stereocenters. The topological polar surface area (TPSA) is 78.9 Å². The van der Waals surface area contributed by atoms with Gasteiger partial charge < -0.3 is 14.2 Å². The Morgan fingerprint density at radius 2 is 0.615 bits per heavy atom. The zero-order valence-electron chi connectivity index (χ0n) is 42.0. The molecule has 0 aliphatic rings. The lowest BCUT2D eigenvalue weighted by Crippen LogP contribution is -2.30. The number of hydrogen-bond donors (Lipinski definition) is 0. The highest BCUT2D eigenvalue weighted by molar-refractivity contribution is 5.71. The van der Waals surface area contributed by atoms with Crippen LogP contribution in [0.3, 0.4) is 0 Å². The SMILES string of the molecule is CC/C=C\C/C=C\C/C=C\C/C=C\C/C=C\CCCC(=O)O[C@H](COC(=O)CCCC/C=C\C/C=C\C/C=C\CCCCC)COC(=O)CCCCCCCCC/C=C\CCCCCC. The molecule has 0 bridgehead atoms. The van der Waals surface area contributed by atoms with E-state index >= 15 is 0 Å². The predicted molar refractivity (Wildman–Crippen MR) is 279 cm³/mol. The molecule has 0 aromatic carbocycles. The van der Waals surface area contributed by atoms with Crippen molar-refractivity contribution in [3.05, 3.63) is 109 Å². The van der Waals surface area contributed by atoms with E-state index < -0.39 is 6.10 Å². The maximum absolute atomic E-state index is 12.8. The number of carbonyl (C=O) groups excluding carboxylic acids is 3. The average Bonchev–Trinajstić information content (AvgIpc) is 3.30. The van der Waals surface area contributed by atoms with Crippen LogP contribution in [0.15, 0.2) is 109 Å². The van der Waals surface area contributed by atoms with E-state index in [0.29, 0.717) is 25.7 Å². The molecule has 0 rings (SSSR count). The lowest BCUT2D eigenvalue weighted by Gasteiger charge is -2.18. The highest BCUT2D eigenvalue weighted by Crippen LogP contribution is 2.13. The standard InChI is InChI=1S/C59H96O6/c1-4-7-10-13-16-19-22-25-28-29-32-35-38-41-44-47-50-53-59(62)65-56(54-63-57(60)51-48-45-42-39-36-33-30-26-23-20-17-14-11-8-5-2)55-64-58(61)52-49-46-43-40-37-34-31-27-24-21-18-15-12-9-6-3/h7,10,16-17,19-21,24-26,28,30,32,35-36,39,41,44,56H,4-6,8-9,11-15,18,22-23,27,29,31,33-34,37-38,40,42-43,45-55H2,1-3H3/b10-7-,19-16-,20-17-,24-21-,28-25-,30-26-,35-32-,39-36-,44-41-/t56-/m1/s1. The fraction of sp³-hybridized carbons (Fsp3) is 0.644. The van der Waals surface area contributed by atoms with Crippen LogP contribution in [0, 0.1) is 0 Å². The Hall–Kier alpha value is -3.93. The summed E-state index contributed by atoms with van der Waals surface area (Å²) < 4.78 is 16.7. The molecule has 0 aliphatic heterocycles. The van der Waals surface area contributed by atoms with E-state index in [0.717, 1.165) is 83.5 Å². The van der Waals surface area contributed by atoms with Gasteiger partial charge in [0.1, 0.15) is 13.2 Å². The Morgan fingerprint density at radius 3 is 1.06 bits per heavy atom. The third kappa shape index (κ3) is 50.9. The highest BCUT2D eigenvalue weighted by Gasteiger charge is 2.19. The highest BCUT2D eigenvalue weighted by atomic mass is 16.6. The summed E-state index contributed by atoms with van der Waals surface area (Å²) in [7, 11) is 0. The van der Waals surface area contributed by atoms with Gasteiger partial charge in [-0.25, -0.2) is 0 Å². The minimum absolute atomic E-state index is 0.117. The number of esters is 3. The molecule has 0 fully saturated rings. The average molecular weight is 901 g/mol. The first-order chi connectivity index (χ1) is 32.0. The Labute approximate surface area is 400 Å². The van der Waals surface area contributed by atoms with Gasteiger partial charge in [0.25, 0.3) is 0 Å². The number of hydrogen-bond acceptors (Lipinski definition) is 6. The van der Waals surface area contributed by atoms with E-state index in [-0.39, 0.29) is 37.5 Å². The molecule has 0 aliphatic carbocycles. The lowest BCUT2D eigenvalue weighted by atomic mass is 10.1. The Morgan fingerprint density at radius 1 is 0.323 bits per heavy atom. The van der Waals surface area contributed by atoms with Crippen LogP contribution in [-0.4, -0.2) is 37.2 Å². The van der Waals surface area contributed by atoms with Crippen molar-refractivity contribution in [3.8, 4) is 0 Å². The second-order valence-electron chi connectivity index (χ2n) is 17.0. The van der Waals surface area contributed by atoms with Gasteiger partial charge in [0.15, 0.2) is 6.10 Å². The van der Waals surface area contributed by atoms with Crippen molar-refractivity contribution in [3.63, 3.8) is 0 Å². The van der Waals surface area contributed by atoms with Gasteiger partial charge in [-0.3, -0.25) is 14.4 Å². The van der Waals surface area contributed by atoms with Gasteiger partial charge in [-0.2, -0.15) is 0 Å². The van der Waals surface area contributed by atoms with E-state index in [1.165, 1.54) is 89.9 Å². The summed E-state index contributed by atoms with van der Waals surface area (Å²) in [6, 6.07) is 0. The molecule has 0 radical (unpaired) electrons. The van der Waals surface area contributed by atoms with Gasteiger partial charge in [-0.05, 0) is 122 Å². The van der Waals surface area contributed by atoms with Crippen molar-refractivity contribution in [2.75, 3.05) is 13.2 Å². The molecule has 0 aromatic rings. The van der Waals surface area contributed by atoms with Crippen LogP contribution in [0.2, 0.25) is 0 Å². The minimum atomic E-state index is -0.826. The first-order valence-electron chi connectivity index (χ1n) is 26.4. The number of rotatable bonds is 46. The third-order valence-electron chi connectivity index (χ3n) is 10.7. The summed E-state index contributed by atoms with van der Waals surface area (Å²) in [5.74, 6) is -1.02. The van der Waals surface area contributed by atoms with Crippen molar-refractivity contribution in [2.45, 2.75) is 232 Å². The predicted octanol–water partition coefficient (Wildman–Crippen LogP) is 17.5. The first kappa shape index (κ1) is 61.1. The van der Waals surface area contributed by atoms with Crippen LogP contribution in [0.1, 0.15) is 226 Å². The van der Waals surface area contributed by atoms with Gasteiger partial charge in [-0.1, -0.05) is 194 Å². The van der Waals surface area contributed by atoms with Crippen LogP contribution in [-0.2, 0) is 28.6 Å². The van der Waals surface area contributed by atoms with Crippen LogP contribution in [0.4, 0.5) is 0 Å². The van der Waals surface area contributed by atoms with Crippen molar-refractivity contribution < 1.29 is 28.6 Å². The molecule has 0 unspecified atom stereocenters. The van der Waals surface area contributed by atoms with Gasteiger partial charge in [0, 0.05) is 19.3 Å². The fourth-order valence-corrected chi connectivity index (χ4v) is 6.77. The Kier molecular flexibility index (Phi) is 49.5. The molecule has 6 heteroatoms. The molecule has 368 valence electrons. The third-order valence-corrected chi connectivity index (χ3v) is 10.7. The Bertz CT molecular complexity index is 1360. The molecular formula is C59H96O6. The summed E-state index contributed by atoms with van der Waals surface area (Å²) in [4.78, 5) is 38.0. The summed E-state index contributed by atoms with van der Waals surface area (Å²) in [6.07, 6.45) is 70.8. The number of unbranched alkanes of at least 4 members (excludes halogenated alkanes) is 17. The van der Waals surface area contributed by atoms with E-state index in [1.807, 2.05) is 0 Å². The van der Waals surface area contributed by atoms with E-state index in [4.69, 9.17) is 14.2 Å². The summed E-state index contributed by atoms with van der Waals surface area (Å²) in [6.45, 7) is 6.39. The number of ether oxygens (including phenoxy) is 3. The second-order valence-corrected chi connectivity index (χ2v) is 17.0. The fourth-order valence-electron chi connectivity index (χ4n) is 6.77. The smallest absolute Gasteiger partial charge is 0.306 e. The molecule has 0 N–H and O–H groups in total. The van der Waals surface area contributed by atoms with Crippen molar-refractivity contribution in [2.24, 2.45) is 0 Å². The molecule has 0 spiro atoms. The lowest BCUT2D eigenvalue weighted by molar-refractivity contribution is -0.167. The number of carbonyl (C=O) groups is 3. The van der Waals surface area contributed by atoms with Crippen molar-refractivity contribution in [1.82, 2.24) is 0 Å². The molecule has 65 heavy (non-hydrogen) atoms. The summed E-state index contributed by atoms with van der Waals surface area (Å²) >= 11 is 0. The molecule has 0 saturated heterocycles. The quantitative estimate of drug-likeness (QED) is 0.0262. The monoisotopic (exact) mass is 901 g/mol. The largest absolute Gasteiger partial charge is 0.462 e. The summed E-state index contributed by atoms with van der Waals surface area (Å²) in [5.41, 5.74) is 0. The first-order valence-corrected chi connectivity index (χ1v) is 26.4. The second kappa shape index (κ2) is 52.7. The van der Waals surface area contributed by atoms with Gasteiger partial charge in [0.2, 0.25) is 0 Å². The maximum atomic E-state index is 12.8. The van der Waals surface area contributed by atoms with Crippen LogP contribution < -0.4 is 0 Å². The van der Waals surface area contributed by atoms with Crippen LogP contribution in [0.5, 0.6) is 0 Å². The van der Waals surface area contributed by atoms with Gasteiger partial charge in [0.05, 0.1) is 0 Å². The zero-order valence-corrected chi connectivity index (χ0v) is 42.0. The molecule has 0 amide bonds. The van der Waals surface area contributed by atoms with Crippen molar-refractivity contribution >= 4 is 17.9 Å². The van der Waals surface area contributed by atoms with Gasteiger partial charge in [-0.15, -0.1) is 0 Å². The number of allylic oxidation sites excluding steroid dienone is 18. The maximum Gasteiger partial charge on any atom is 0.306 e. The van der Waals surface area contributed by atoms with Crippen LogP contribution >= 0.6 is 0 Å². The molecule has 0 aromatic heterocycles. The van der Waals surface area contributed by atoms with E-state index in [2.05, 4.69) is 130 Å².